The molecule has 18 heavy (non-hydrogen) atoms. The molecule has 0 aliphatic carbocycles. The van der Waals surface area contributed by atoms with E-state index in [4.69, 9.17) is 5.73 Å². The molecule has 1 aliphatic rings. The summed E-state index contributed by atoms with van der Waals surface area (Å²) in [6, 6.07) is 0. The number of hydrogen-bond donors (Lipinski definition) is 1. The van der Waals surface area contributed by atoms with Gasteiger partial charge >= 0.3 is 6.18 Å². The summed E-state index contributed by atoms with van der Waals surface area (Å²) in [7, 11) is 0. The largest absolute Gasteiger partial charge is 0.434 e. The van der Waals surface area contributed by atoms with Crippen LogP contribution in [0.1, 0.15) is 27.8 Å². The van der Waals surface area contributed by atoms with E-state index in [9.17, 15) is 13.2 Å². The Morgan fingerprint density at radius 1 is 1.33 bits per heavy atom. The maximum absolute atomic E-state index is 12.8. The Morgan fingerprint density at radius 2 is 2.00 bits per heavy atom. The van der Waals surface area contributed by atoms with Gasteiger partial charge in [-0.3, -0.25) is 0 Å². The normalized spacial score (nSPS) is 25.4. The molecule has 2 atom stereocenters. The fourth-order valence-electron chi connectivity index (χ4n) is 1.76. The Bertz CT molecular complexity index is 419. The molecular weight excluding hydrogens is 301 g/mol. The van der Waals surface area contributed by atoms with Crippen LogP contribution in [-0.4, -0.2) is 21.7 Å². The molecule has 0 bridgehead atoms. The number of hydrogen-bond acceptors (Lipinski definition) is 5. The molecular formula is C10H13F3N2S3. The second kappa shape index (κ2) is 5.60. The van der Waals surface area contributed by atoms with Crippen molar-refractivity contribution >= 4 is 34.9 Å². The van der Waals surface area contributed by atoms with Gasteiger partial charge < -0.3 is 5.73 Å². The van der Waals surface area contributed by atoms with Crippen LogP contribution < -0.4 is 5.73 Å². The van der Waals surface area contributed by atoms with Crippen LogP contribution in [-0.2, 0) is 12.7 Å². The maximum atomic E-state index is 12.8. The van der Waals surface area contributed by atoms with E-state index in [-0.39, 0.29) is 16.7 Å². The highest BCUT2D eigenvalue weighted by molar-refractivity contribution is 8.06. The fraction of sp³-hybridized carbons (Fsp3) is 0.700. The van der Waals surface area contributed by atoms with Crippen molar-refractivity contribution in [3.05, 3.63) is 15.6 Å². The van der Waals surface area contributed by atoms with E-state index in [2.05, 4.69) is 4.98 Å². The molecule has 1 aliphatic heterocycles. The molecule has 0 spiro atoms. The third kappa shape index (κ3) is 2.97. The van der Waals surface area contributed by atoms with Crippen LogP contribution in [0.3, 0.4) is 0 Å². The third-order valence-corrected chi connectivity index (χ3v) is 7.01. The lowest BCUT2D eigenvalue weighted by atomic mass is 10.3. The van der Waals surface area contributed by atoms with Gasteiger partial charge in [-0.1, -0.05) is 6.92 Å². The topological polar surface area (TPSA) is 38.9 Å². The monoisotopic (exact) mass is 314 g/mol. The number of thioether (sulfide) groups is 2. The van der Waals surface area contributed by atoms with Gasteiger partial charge in [0.2, 0.25) is 0 Å². The van der Waals surface area contributed by atoms with Gasteiger partial charge in [0.1, 0.15) is 5.01 Å². The van der Waals surface area contributed by atoms with Gasteiger partial charge in [-0.05, 0) is 0 Å². The second-order valence-electron chi connectivity index (χ2n) is 3.89. The van der Waals surface area contributed by atoms with Crippen LogP contribution in [0, 0.1) is 0 Å². The smallest absolute Gasteiger partial charge is 0.326 e. The summed E-state index contributed by atoms with van der Waals surface area (Å²) >= 11 is 4.58. The van der Waals surface area contributed by atoms with Crippen molar-refractivity contribution in [1.29, 1.82) is 0 Å². The summed E-state index contributed by atoms with van der Waals surface area (Å²) in [4.78, 5) is 3.95. The highest BCUT2D eigenvalue weighted by Crippen LogP contribution is 2.45. The Labute approximate surface area is 116 Å². The van der Waals surface area contributed by atoms with Crippen LogP contribution in [0.15, 0.2) is 0 Å². The predicted octanol–water partition coefficient (Wildman–Crippen LogP) is 3.53. The minimum atomic E-state index is -4.40. The van der Waals surface area contributed by atoms with Crippen molar-refractivity contribution in [3.8, 4) is 0 Å². The van der Waals surface area contributed by atoms with Crippen molar-refractivity contribution in [1.82, 2.24) is 4.98 Å². The molecule has 1 aromatic rings. The number of thiazole rings is 1. The number of rotatable bonds is 2. The van der Waals surface area contributed by atoms with Gasteiger partial charge in [0.05, 0.1) is 10.1 Å². The average Bonchev–Trinajstić information content (AvgIpc) is 2.73. The van der Waals surface area contributed by atoms with Gasteiger partial charge in [0.25, 0.3) is 0 Å². The fourth-order valence-corrected chi connectivity index (χ4v) is 5.88. The van der Waals surface area contributed by atoms with Crippen molar-refractivity contribution in [2.24, 2.45) is 5.73 Å². The first-order valence-electron chi connectivity index (χ1n) is 5.43. The molecule has 1 saturated heterocycles. The Balaban J connectivity index is 2.31. The zero-order valence-electron chi connectivity index (χ0n) is 9.66. The molecule has 2 unspecified atom stereocenters. The zero-order chi connectivity index (χ0) is 13.3. The first kappa shape index (κ1) is 14.5. The standard InChI is InChI=1S/C10H13F3N2S3/c1-5-7(17-3-2-16-5)9-15-8(10(11,12)13)6(4-14)18-9/h5,7H,2-4,14H2,1H3. The van der Waals surface area contributed by atoms with E-state index in [0.717, 1.165) is 22.8 Å². The molecule has 8 heteroatoms. The zero-order valence-corrected chi connectivity index (χ0v) is 12.1. The van der Waals surface area contributed by atoms with Crippen molar-refractivity contribution in [2.75, 3.05) is 11.5 Å². The van der Waals surface area contributed by atoms with Gasteiger partial charge in [0, 0.05) is 23.3 Å². The summed E-state index contributed by atoms with van der Waals surface area (Å²) in [5.74, 6) is 2.00. The first-order valence-corrected chi connectivity index (χ1v) is 8.35. The van der Waals surface area contributed by atoms with Crippen LogP contribution in [0.4, 0.5) is 13.2 Å². The van der Waals surface area contributed by atoms with Crippen molar-refractivity contribution in [2.45, 2.75) is 30.1 Å². The molecule has 1 fully saturated rings. The molecule has 2 nitrogen and oxygen atoms in total. The molecule has 1 aromatic heterocycles. The Hall–Kier alpha value is 0.0800. The summed E-state index contributed by atoms with van der Waals surface area (Å²) in [5, 5.41) is 0.907. The summed E-state index contributed by atoms with van der Waals surface area (Å²) in [5.41, 5.74) is 4.59. The van der Waals surface area contributed by atoms with E-state index in [1.165, 1.54) is 0 Å². The quantitative estimate of drug-likeness (QED) is 0.906. The van der Waals surface area contributed by atoms with Gasteiger partial charge in [0.15, 0.2) is 5.69 Å². The summed E-state index contributed by atoms with van der Waals surface area (Å²) < 4.78 is 38.4. The minimum Gasteiger partial charge on any atom is -0.326 e. The van der Waals surface area contributed by atoms with E-state index >= 15 is 0 Å². The van der Waals surface area contributed by atoms with Crippen LogP contribution in [0.25, 0.3) is 0 Å². The summed E-state index contributed by atoms with van der Waals surface area (Å²) in [6.07, 6.45) is -4.40. The molecule has 2 heterocycles. The molecule has 102 valence electrons. The molecule has 2 rings (SSSR count). The highest BCUT2D eigenvalue weighted by Gasteiger charge is 2.38. The maximum Gasteiger partial charge on any atom is 0.434 e. The lowest BCUT2D eigenvalue weighted by Gasteiger charge is -2.25. The minimum absolute atomic E-state index is 0.0511. The number of aromatic nitrogens is 1. The SMILES string of the molecule is CC1SCCSC1c1nc(C(F)(F)F)c(CN)s1. The van der Waals surface area contributed by atoms with Crippen LogP contribution in [0.5, 0.6) is 0 Å². The number of halogens is 3. The molecule has 0 saturated carbocycles. The lowest BCUT2D eigenvalue weighted by Crippen LogP contribution is -2.16. The van der Waals surface area contributed by atoms with E-state index in [0.29, 0.717) is 10.3 Å². The average molecular weight is 314 g/mol. The van der Waals surface area contributed by atoms with Gasteiger partial charge in [-0.15, -0.1) is 23.1 Å². The molecule has 0 aromatic carbocycles. The van der Waals surface area contributed by atoms with Gasteiger partial charge in [-0.25, -0.2) is 4.98 Å². The predicted molar refractivity (Wildman–Crippen MR) is 72.1 cm³/mol. The van der Waals surface area contributed by atoms with E-state index in [1.807, 2.05) is 6.92 Å². The molecule has 2 N–H and O–H groups in total. The van der Waals surface area contributed by atoms with E-state index < -0.39 is 11.9 Å². The first-order chi connectivity index (χ1) is 8.43. The van der Waals surface area contributed by atoms with Crippen molar-refractivity contribution < 1.29 is 13.2 Å². The van der Waals surface area contributed by atoms with Gasteiger partial charge in [-0.2, -0.15) is 24.9 Å². The van der Waals surface area contributed by atoms with Crippen LogP contribution >= 0.6 is 34.9 Å². The number of nitrogens with two attached hydrogens (primary N) is 1. The Morgan fingerprint density at radius 3 is 2.50 bits per heavy atom. The van der Waals surface area contributed by atoms with E-state index in [1.54, 1.807) is 23.5 Å². The number of nitrogens with zero attached hydrogens (tertiary/aromatic N) is 1. The lowest BCUT2D eigenvalue weighted by molar-refractivity contribution is -0.141. The molecule has 0 amide bonds. The second-order valence-corrected chi connectivity index (χ2v) is 7.74. The summed E-state index contributed by atoms with van der Waals surface area (Å²) in [6.45, 7) is 1.93. The highest BCUT2D eigenvalue weighted by atomic mass is 32.2. The molecule has 0 radical (unpaired) electrons. The third-order valence-electron chi connectivity index (χ3n) is 2.60. The number of alkyl halides is 3. The Kier molecular flexibility index (Phi) is 4.51. The van der Waals surface area contributed by atoms with Crippen LogP contribution in [0.2, 0.25) is 0 Å². The van der Waals surface area contributed by atoms with Crippen molar-refractivity contribution in [3.63, 3.8) is 0 Å².